The summed E-state index contributed by atoms with van der Waals surface area (Å²) >= 11 is 0. The van der Waals surface area contributed by atoms with Gasteiger partial charge in [-0.1, -0.05) is 60.7 Å². The molecular formula is C38H38N8. The van der Waals surface area contributed by atoms with Gasteiger partial charge >= 0.3 is 0 Å². The minimum absolute atomic E-state index is 0.748. The molecule has 4 heterocycles. The number of fused-ring (bicyclic) bond motifs is 2. The third-order valence-electron chi connectivity index (χ3n) is 8.65. The van der Waals surface area contributed by atoms with Crippen LogP contribution in [0.5, 0.6) is 0 Å². The highest BCUT2D eigenvalue weighted by atomic mass is 15.2. The first kappa shape index (κ1) is 29.2. The highest BCUT2D eigenvalue weighted by Crippen LogP contribution is 2.21. The normalized spacial score (nSPS) is 11.3. The Balaban J connectivity index is 1.10. The SMILES string of the molecule is Cn1c(CCN(Cc2cccc(CN(CCc3nc4ccccc4n3C)c3ccccn3)c2)c2ccccn2)nc2ccccc21. The molecule has 0 unspecified atom stereocenters. The summed E-state index contributed by atoms with van der Waals surface area (Å²) < 4.78 is 4.40. The number of rotatable bonds is 12. The maximum Gasteiger partial charge on any atom is 0.128 e. The Labute approximate surface area is 269 Å². The summed E-state index contributed by atoms with van der Waals surface area (Å²) in [6.45, 7) is 3.10. The van der Waals surface area contributed by atoms with Crippen molar-refractivity contribution in [2.45, 2.75) is 25.9 Å². The molecule has 46 heavy (non-hydrogen) atoms. The van der Waals surface area contributed by atoms with E-state index in [2.05, 4.69) is 118 Å². The third-order valence-corrected chi connectivity index (χ3v) is 8.65. The predicted octanol–water partition coefficient (Wildman–Crippen LogP) is 6.75. The van der Waals surface area contributed by atoms with E-state index in [9.17, 15) is 0 Å². The highest BCUT2D eigenvalue weighted by molar-refractivity contribution is 5.76. The Morgan fingerprint density at radius 1 is 0.522 bits per heavy atom. The van der Waals surface area contributed by atoms with Crippen molar-refractivity contribution in [3.05, 3.63) is 144 Å². The zero-order chi connectivity index (χ0) is 31.3. The molecule has 0 saturated carbocycles. The molecule has 230 valence electrons. The number of aromatic nitrogens is 6. The van der Waals surface area contributed by atoms with Crippen LogP contribution in [0.25, 0.3) is 22.1 Å². The lowest BCUT2D eigenvalue weighted by molar-refractivity contribution is 0.714. The van der Waals surface area contributed by atoms with Crippen molar-refractivity contribution in [1.82, 2.24) is 29.1 Å². The lowest BCUT2D eigenvalue weighted by Gasteiger charge is -2.26. The zero-order valence-electron chi connectivity index (χ0n) is 26.4. The molecule has 3 aromatic carbocycles. The largest absolute Gasteiger partial charge is 0.352 e. The van der Waals surface area contributed by atoms with Gasteiger partial charge in [-0.05, 0) is 59.7 Å². The fourth-order valence-electron chi connectivity index (χ4n) is 6.21. The van der Waals surface area contributed by atoms with Gasteiger partial charge in [-0.25, -0.2) is 19.9 Å². The van der Waals surface area contributed by atoms with Crippen LogP contribution in [-0.2, 0) is 40.0 Å². The summed E-state index contributed by atoms with van der Waals surface area (Å²) in [4.78, 5) is 24.0. The van der Waals surface area contributed by atoms with E-state index >= 15 is 0 Å². The molecule has 0 fully saturated rings. The van der Waals surface area contributed by atoms with Crippen LogP contribution in [0, 0.1) is 0 Å². The number of nitrogens with zero attached hydrogens (tertiary/aromatic N) is 8. The molecule has 8 heteroatoms. The number of pyridine rings is 2. The number of hydrogen-bond acceptors (Lipinski definition) is 6. The molecule has 0 aliphatic heterocycles. The second-order valence-electron chi connectivity index (χ2n) is 11.7. The molecule has 0 bridgehead atoms. The lowest BCUT2D eigenvalue weighted by atomic mass is 10.1. The van der Waals surface area contributed by atoms with Crippen molar-refractivity contribution < 1.29 is 0 Å². The first-order valence-electron chi connectivity index (χ1n) is 15.8. The van der Waals surface area contributed by atoms with Crippen LogP contribution >= 0.6 is 0 Å². The van der Waals surface area contributed by atoms with Crippen molar-refractivity contribution in [3.63, 3.8) is 0 Å². The summed E-state index contributed by atoms with van der Waals surface area (Å²) in [7, 11) is 4.20. The van der Waals surface area contributed by atoms with Gasteiger partial charge in [0.05, 0.1) is 22.1 Å². The predicted molar refractivity (Wildman–Crippen MR) is 186 cm³/mol. The number of anilines is 2. The Bertz CT molecular complexity index is 1900. The molecule has 0 spiro atoms. The fourth-order valence-corrected chi connectivity index (χ4v) is 6.21. The van der Waals surface area contributed by atoms with E-state index in [0.717, 1.165) is 84.4 Å². The molecule has 0 aliphatic carbocycles. The lowest BCUT2D eigenvalue weighted by Crippen LogP contribution is -2.28. The van der Waals surface area contributed by atoms with Gasteiger partial charge in [-0.15, -0.1) is 0 Å². The topological polar surface area (TPSA) is 67.9 Å². The number of para-hydroxylation sites is 4. The van der Waals surface area contributed by atoms with Gasteiger partial charge in [0.2, 0.25) is 0 Å². The molecular weight excluding hydrogens is 568 g/mol. The Kier molecular flexibility index (Phi) is 8.41. The molecule has 8 nitrogen and oxygen atoms in total. The van der Waals surface area contributed by atoms with Crippen LogP contribution in [0.1, 0.15) is 22.8 Å². The van der Waals surface area contributed by atoms with Gasteiger partial charge in [0.1, 0.15) is 23.3 Å². The summed E-state index contributed by atoms with van der Waals surface area (Å²) in [6.07, 6.45) is 5.36. The molecule has 0 atom stereocenters. The second-order valence-corrected chi connectivity index (χ2v) is 11.7. The Morgan fingerprint density at radius 3 is 1.41 bits per heavy atom. The van der Waals surface area contributed by atoms with Crippen LogP contribution in [0.4, 0.5) is 11.6 Å². The van der Waals surface area contributed by atoms with Crippen LogP contribution in [0.15, 0.2) is 122 Å². The second kappa shape index (κ2) is 13.2. The number of benzene rings is 3. The minimum atomic E-state index is 0.748. The van der Waals surface area contributed by atoms with E-state index in [4.69, 9.17) is 19.9 Å². The first-order valence-corrected chi connectivity index (χ1v) is 15.8. The quantitative estimate of drug-likeness (QED) is 0.153. The number of aryl methyl sites for hydroxylation is 2. The van der Waals surface area contributed by atoms with Gasteiger partial charge in [-0.3, -0.25) is 0 Å². The van der Waals surface area contributed by atoms with Gasteiger partial charge in [-0.2, -0.15) is 0 Å². The molecule has 7 rings (SSSR count). The fraction of sp³-hybridized carbons (Fsp3) is 0.211. The number of imidazole rings is 2. The molecule has 0 saturated heterocycles. The summed E-state index contributed by atoms with van der Waals surface area (Å²) in [5, 5.41) is 0. The Hall–Kier alpha value is -5.50. The van der Waals surface area contributed by atoms with Crippen LogP contribution in [0.3, 0.4) is 0 Å². The average molecular weight is 607 g/mol. The van der Waals surface area contributed by atoms with Gasteiger partial charge < -0.3 is 18.9 Å². The molecule has 0 amide bonds. The van der Waals surface area contributed by atoms with E-state index in [1.54, 1.807) is 0 Å². The molecule has 4 aromatic heterocycles. The summed E-state index contributed by atoms with van der Waals surface area (Å²) in [5.74, 6) is 4.07. The van der Waals surface area contributed by atoms with E-state index < -0.39 is 0 Å². The minimum Gasteiger partial charge on any atom is -0.352 e. The third kappa shape index (κ3) is 6.33. The van der Waals surface area contributed by atoms with Crippen LogP contribution in [0.2, 0.25) is 0 Å². The molecule has 0 radical (unpaired) electrons. The monoisotopic (exact) mass is 606 g/mol. The average Bonchev–Trinajstić information content (AvgIpc) is 3.61. The molecule has 0 aliphatic rings. The first-order chi connectivity index (χ1) is 22.6. The van der Waals surface area contributed by atoms with E-state index in [-0.39, 0.29) is 0 Å². The van der Waals surface area contributed by atoms with Gasteiger partial charge in [0.25, 0.3) is 0 Å². The van der Waals surface area contributed by atoms with E-state index in [1.807, 2.05) is 36.7 Å². The van der Waals surface area contributed by atoms with E-state index in [0.29, 0.717) is 0 Å². The van der Waals surface area contributed by atoms with Crippen molar-refractivity contribution in [1.29, 1.82) is 0 Å². The zero-order valence-corrected chi connectivity index (χ0v) is 26.4. The highest BCUT2D eigenvalue weighted by Gasteiger charge is 2.15. The van der Waals surface area contributed by atoms with Gasteiger partial charge in [0, 0.05) is 65.5 Å². The number of hydrogen-bond donors (Lipinski definition) is 0. The maximum atomic E-state index is 4.92. The van der Waals surface area contributed by atoms with Gasteiger partial charge in [0.15, 0.2) is 0 Å². The van der Waals surface area contributed by atoms with Crippen molar-refractivity contribution >= 4 is 33.7 Å². The van der Waals surface area contributed by atoms with Crippen molar-refractivity contribution in [2.24, 2.45) is 14.1 Å². The maximum absolute atomic E-state index is 4.92. The molecule has 0 N–H and O–H groups in total. The smallest absolute Gasteiger partial charge is 0.128 e. The standard InChI is InChI=1S/C38H38N8/c1-43-33-16-5-3-14-31(33)41-37(43)20-24-45(35-18-7-9-22-39-35)27-29-12-11-13-30(26-29)28-46(36-19-8-10-23-40-36)25-21-38-42-32-15-4-6-17-34(32)44(38)2/h3-19,22-23,26H,20-21,24-25,27-28H2,1-2H3. The van der Waals surface area contributed by atoms with Crippen molar-refractivity contribution in [3.8, 4) is 0 Å². The summed E-state index contributed by atoms with van der Waals surface area (Å²) in [5.41, 5.74) is 6.86. The Morgan fingerprint density at radius 2 is 0.978 bits per heavy atom. The van der Waals surface area contributed by atoms with E-state index in [1.165, 1.54) is 11.1 Å². The summed E-state index contributed by atoms with van der Waals surface area (Å²) in [6, 6.07) is 37.7. The van der Waals surface area contributed by atoms with Crippen LogP contribution < -0.4 is 9.80 Å². The van der Waals surface area contributed by atoms with Crippen molar-refractivity contribution in [2.75, 3.05) is 22.9 Å². The van der Waals surface area contributed by atoms with Crippen LogP contribution in [-0.4, -0.2) is 42.2 Å². The molecule has 7 aromatic rings.